The molecule has 1 aliphatic heterocycles. The summed E-state index contributed by atoms with van der Waals surface area (Å²) in [7, 11) is -0.542. The fraction of sp³-hybridized carbons (Fsp3) is 0.600. The van der Waals surface area contributed by atoms with E-state index < -0.39 is 37.1 Å². The second kappa shape index (κ2) is 6.83. The van der Waals surface area contributed by atoms with Gasteiger partial charge in [-0.15, -0.1) is 0 Å². The van der Waals surface area contributed by atoms with Gasteiger partial charge in [0, 0.05) is 11.7 Å². The van der Waals surface area contributed by atoms with Crippen molar-refractivity contribution in [1.82, 2.24) is 4.98 Å². The predicted octanol–water partition coefficient (Wildman–Crippen LogP) is 1.90. The van der Waals surface area contributed by atoms with Crippen molar-refractivity contribution in [2.24, 2.45) is 0 Å². The highest BCUT2D eigenvalue weighted by Crippen LogP contribution is 2.36. The fourth-order valence-corrected chi connectivity index (χ4v) is 2.03. The fourth-order valence-electron chi connectivity index (χ4n) is 2.03. The lowest BCUT2D eigenvalue weighted by molar-refractivity contribution is -0.199. The van der Waals surface area contributed by atoms with E-state index in [1.807, 2.05) is 27.7 Å². The first kappa shape index (κ1) is 19.5. The standard InChI is InChI=1S/C15H20BF3N2O4/c1-13(2)14(3,4)25-16(24-13)10-5-6-11(21-9-10)20-7-8-23-12(22)15(17,18)19/h5-6,9H,7-8H2,1-4H3,(H,20,21). The molecule has 10 heteroatoms. The lowest BCUT2D eigenvalue weighted by Gasteiger charge is -2.32. The van der Waals surface area contributed by atoms with Crippen molar-refractivity contribution in [2.75, 3.05) is 18.5 Å². The zero-order valence-corrected chi connectivity index (χ0v) is 14.4. The van der Waals surface area contributed by atoms with Crippen LogP contribution < -0.4 is 10.8 Å². The van der Waals surface area contributed by atoms with Crippen LogP contribution in [-0.4, -0.2) is 48.6 Å². The van der Waals surface area contributed by atoms with Crippen molar-refractivity contribution in [3.8, 4) is 0 Å². The Bertz CT molecular complexity index is 604. The average Bonchev–Trinajstić information content (AvgIpc) is 2.71. The first-order valence-corrected chi connectivity index (χ1v) is 7.72. The maximum atomic E-state index is 12.0. The maximum absolute atomic E-state index is 12.0. The van der Waals surface area contributed by atoms with Crippen LogP contribution in [-0.2, 0) is 18.8 Å². The molecule has 1 aromatic heterocycles. The molecule has 0 radical (unpaired) electrons. The number of ether oxygens (including phenoxy) is 1. The summed E-state index contributed by atoms with van der Waals surface area (Å²) in [6, 6.07) is 3.39. The van der Waals surface area contributed by atoms with E-state index in [2.05, 4.69) is 15.0 Å². The maximum Gasteiger partial charge on any atom is 0.496 e. The zero-order valence-electron chi connectivity index (χ0n) is 14.4. The van der Waals surface area contributed by atoms with E-state index >= 15 is 0 Å². The molecule has 1 saturated heterocycles. The molecule has 1 aromatic rings. The SMILES string of the molecule is CC1(C)OB(c2ccc(NCCOC(=O)C(F)(F)F)nc2)OC1(C)C. The number of carbonyl (C=O) groups is 1. The molecule has 0 bridgehead atoms. The van der Waals surface area contributed by atoms with Gasteiger partial charge in [0.1, 0.15) is 12.4 Å². The van der Waals surface area contributed by atoms with Crippen LogP contribution in [0.25, 0.3) is 0 Å². The van der Waals surface area contributed by atoms with Crippen molar-refractivity contribution in [1.29, 1.82) is 0 Å². The first-order chi connectivity index (χ1) is 11.4. The number of pyridine rings is 1. The lowest BCUT2D eigenvalue weighted by Crippen LogP contribution is -2.41. The molecular formula is C15H20BF3N2O4. The number of anilines is 1. The summed E-state index contributed by atoms with van der Waals surface area (Å²) in [6.45, 7) is 7.36. The molecule has 2 heterocycles. The summed E-state index contributed by atoms with van der Waals surface area (Å²) in [5.74, 6) is -1.78. The van der Waals surface area contributed by atoms with Crippen LogP contribution in [0.5, 0.6) is 0 Å². The summed E-state index contributed by atoms with van der Waals surface area (Å²) < 4.78 is 51.8. The molecule has 0 saturated carbocycles. The molecule has 0 amide bonds. The van der Waals surface area contributed by atoms with E-state index in [1.165, 1.54) is 0 Å². The quantitative estimate of drug-likeness (QED) is 0.492. The number of alkyl halides is 3. The number of hydrogen-bond acceptors (Lipinski definition) is 6. The molecule has 1 fully saturated rings. The number of nitrogens with one attached hydrogen (secondary N) is 1. The molecule has 6 nitrogen and oxygen atoms in total. The van der Waals surface area contributed by atoms with Crippen molar-refractivity contribution < 1.29 is 32.0 Å². The molecule has 0 aliphatic carbocycles. The molecule has 138 valence electrons. The summed E-state index contributed by atoms with van der Waals surface area (Å²) in [4.78, 5) is 14.7. The molecule has 0 atom stereocenters. The largest absolute Gasteiger partial charge is 0.496 e. The van der Waals surface area contributed by atoms with Crippen molar-refractivity contribution >= 4 is 24.4 Å². The van der Waals surface area contributed by atoms with E-state index in [0.29, 0.717) is 5.82 Å². The smallest absolute Gasteiger partial charge is 0.457 e. The van der Waals surface area contributed by atoms with Crippen LogP contribution >= 0.6 is 0 Å². The molecule has 2 rings (SSSR count). The van der Waals surface area contributed by atoms with Crippen molar-refractivity contribution in [3.63, 3.8) is 0 Å². The Labute approximate surface area is 144 Å². The highest BCUT2D eigenvalue weighted by atomic mass is 19.4. The van der Waals surface area contributed by atoms with Gasteiger partial charge in [-0.2, -0.15) is 13.2 Å². The third kappa shape index (κ3) is 4.63. The van der Waals surface area contributed by atoms with Gasteiger partial charge in [0.25, 0.3) is 0 Å². The Morgan fingerprint density at radius 3 is 2.32 bits per heavy atom. The molecule has 0 unspecified atom stereocenters. The van der Waals surface area contributed by atoms with Gasteiger partial charge >= 0.3 is 19.3 Å². The lowest BCUT2D eigenvalue weighted by atomic mass is 9.80. The van der Waals surface area contributed by atoms with Gasteiger partial charge in [0.2, 0.25) is 0 Å². The van der Waals surface area contributed by atoms with Gasteiger partial charge < -0.3 is 19.4 Å². The Hall–Kier alpha value is -1.81. The van der Waals surface area contributed by atoms with Crippen LogP contribution in [0.3, 0.4) is 0 Å². The van der Waals surface area contributed by atoms with Crippen LogP contribution in [0.15, 0.2) is 18.3 Å². The average molecular weight is 360 g/mol. The van der Waals surface area contributed by atoms with Crippen LogP contribution in [0.4, 0.5) is 19.0 Å². The van der Waals surface area contributed by atoms with E-state index in [0.717, 1.165) is 5.46 Å². The number of esters is 1. The van der Waals surface area contributed by atoms with Gasteiger partial charge in [-0.05, 0) is 33.8 Å². The van der Waals surface area contributed by atoms with E-state index in [1.54, 1.807) is 18.3 Å². The van der Waals surface area contributed by atoms with Crippen LogP contribution in [0.1, 0.15) is 27.7 Å². The Balaban J connectivity index is 1.84. The third-order valence-corrected chi connectivity index (χ3v) is 4.18. The number of rotatable bonds is 5. The molecule has 1 N–H and O–H groups in total. The predicted molar refractivity (Wildman–Crippen MR) is 85.5 cm³/mol. The van der Waals surface area contributed by atoms with Crippen LogP contribution in [0.2, 0.25) is 0 Å². The molecule has 0 spiro atoms. The Morgan fingerprint density at radius 1 is 1.24 bits per heavy atom. The number of aromatic nitrogens is 1. The summed E-state index contributed by atoms with van der Waals surface area (Å²) >= 11 is 0. The Morgan fingerprint density at radius 2 is 1.84 bits per heavy atom. The van der Waals surface area contributed by atoms with E-state index in [-0.39, 0.29) is 6.54 Å². The number of hydrogen-bond donors (Lipinski definition) is 1. The first-order valence-electron chi connectivity index (χ1n) is 7.72. The summed E-state index contributed by atoms with van der Waals surface area (Å²) in [5, 5.41) is 2.76. The number of halogens is 3. The number of nitrogens with zero attached hydrogens (tertiary/aromatic N) is 1. The molecule has 0 aromatic carbocycles. The minimum atomic E-state index is -4.98. The second-order valence-electron chi connectivity index (χ2n) is 6.63. The van der Waals surface area contributed by atoms with Crippen molar-refractivity contribution in [2.45, 2.75) is 45.1 Å². The normalized spacial score (nSPS) is 18.9. The highest BCUT2D eigenvalue weighted by Gasteiger charge is 2.51. The molecule has 25 heavy (non-hydrogen) atoms. The minimum absolute atomic E-state index is 0.00462. The highest BCUT2D eigenvalue weighted by molar-refractivity contribution is 6.62. The van der Waals surface area contributed by atoms with Gasteiger partial charge in [-0.25, -0.2) is 9.78 Å². The summed E-state index contributed by atoms with van der Waals surface area (Å²) in [5.41, 5.74) is -0.193. The van der Waals surface area contributed by atoms with E-state index in [4.69, 9.17) is 9.31 Å². The van der Waals surface area contributed by atoms with Gasteiger partial charge in [0.15, 0.2) is 0 Å². The summed E-state index contributed by atoms with van der Waals surface area (Å²) in [6.07, 6.45) is -3.42. The van der Waals surface area contributed by atoms with Crippen LogP contribution in [0, 0.1) is 0 Å². The molecule has 1 aliphatic rings. The van der Waals surface area contributed by atoms with Gasteiger partial charge in [-0.1, -0.05) is 6.07 Å². The van der Waals surface area contributed by atoms with Gasteiger partial charge in [0.05, 0.1) is 17.7 Å². The molecular weight excluding hydrogens is 340 g/mol. The third-order valence-electron chi connectivity index (χ3n) is 4.18. The van der Waals surface area contributed by atoms with Crippen molar-refractivity contribution in [3.05, 3.63) is 18.3 Å². The topological polar surface area (TPSA) is 69.7 Å². The van der Waals surface area contributed by atoms with E-state index in [9.17, 15) is 18.0 Å². The second-order valence-corrected chi connectivity index (χ2v) is 6.63. The number of carbonyl (C=O) groups excluding carboxylic acids is 1. The zero-order chi connectivity index (χ0) is 18.9. The minimum Gasteiger partial charge on any atom is -0.457 e. The Kier molecular flexibility index (Phi) is 5.34. The van der Waals surface area contributed by atoms with Gasteiger partial charge in [-0.3, -0.25) is 0 Å². The monoisotopic (exact) mass is 360 g/mol.